The second kappa shape index (κ2) is 11.5. The van der Waals surface area contributed by atoms with Crippen molar-refractivity contribution >= 4 is 15.9 Å². The van der Waals surface area contributed by atoms with Crippen LogP contribution in [-0.4, -0.2) is 18.8 Å². The van der Waals surface area contributed by atoms with Gasteiger partial charge in [0.1, 0.15) is 5.78 Å². The minimum Gasteiger partial charge on any atom is -0.299 e. The van der Waals surface area contributed by atoms with Gasteiger partial charge >= 0.3 is 0 Å². The van der Waals surface area contributed by atoms with Gasteiger partial charge in [0.05, 0.1) is 4.90 Å². The Hall–Kier alpha value is -2.76. The summed E-state index contributed by atoms with van der Waals surface area (Å²) in [5, 5.41) is 0. The third kappa shape index (κ3) is 5.94. The van der Waals surface area contributed by atoms with E-state index in [0.717, 1.165) is 37.2 Å². The summed E-state index contributed by atoms with van der Waals surface area (Å²) in [7, 11) is -4.02. The summed E-state index contributed by atoms with van der Waals surface area (Å²) < 4.78 is 29.6. The van der Waals surface area contributed by atoms with Crippen LogP contribution >= 0.6 is 0 Å². The zero-order valence-corrected chi connectivity index (χ0v) is 23.1. The molecule has 4 nitrogen and oxygen atoms in total. The first kappa shape index (κ1) is 26.8. The van der Waals surface area contributed by atoms with Gasteiger partial charge in [0.25, 0.3) is 10.1 Å². The maximum Gasteiger partial charge on any atom is 0.294 e. The molecule has 1 atom stereocenters. The van der Waals surface area contributed by atoms with E-state index in [1.807, 2.05) is 6.92 Å². The molecule has 2 fully saturated rings. The summed E-state index contributed by atoms with van der Waals surface area (Å²) in [6.45, 7) is 1.84. The molecule has 38 heavy (non-hydrogen) atoms. The smallest absolute Gasteiger partial charge is 0.294 e. The SMILES string of the molecule is Cc1ccc(S(=O)(=O)O)cc1.O=C1CCCCC1c1c(CC2CCCCC2)ccc2c1Cc1ccccc1-2. The zero-order chi connectivity index (χ0) is 26.7. The molecule has 1 unspecified atom stereocenters. The van der Waals surface area contributed by atoms with E-state index < -0.39 is 10.1 Å². The Labute approximate surface area is 227 Å². The van der Waals surface area contributed by atoms with Gasteiger partial charge < -0.3 is 0 Å². The van der Waals surface area contributed by atoms with Gasteiger partial charge in [-0.15, -0.1) is 0 Å². The highest BCUT2D eigenvalue weighted by Crippen LogP contribution is 2.45. The van der Waals surface area contributed by atoms with Gasteiger partial charge in [-0.1, -0.05) is 92.6 Å². The molecule has 3 aliphatic carbocycles. The number of carbonyl (C=O) groups excluding carboxylic acids is 1. The van der Waals surface area contributed by atoms with Crippen molar-refractivity contribution in [2.75, 3.05) is 0 Å². The maximum atomic E-state index is 12.9. The average Bonchev–Trinajstić information content (AvgIpc) is 3.29. The molecule has 2 saturated carbocycles. The summed E-state index contributed by atoms with van der Waals surface area (Å²) >= 11 is 0. The number of fused-ring (bicyclic) bond motifs is 3. The van der Waals surface area contributed by atoms with Crippen LogP contribution in [0.3, 0.4) is 0 Å². The minimum atomic E-state index is -4.02. The maximum absolute atomic E-state index is 12.9. The van der Waals surface area contributed by atoms with Crippen LogP contribution in [0.5, 0.6) is 0 Å². The van der Waals surface area contributed by atoms with Crippen LogP contribution in [0.15, 0.2) is 65.6 Å². The van der Waals surface area contributed by atoms with E-state index in [2.05, 4.69) is 36.4 Å². The topological polar surface area (TPSA) is 71.4 Å². The van der Waals surface area contributed by atoms with Crippen LogP contribution in [0.2, 0.25) is 0 Å². The zero-order valence-electron chi connectivity index (χ0n) is 22.3. The van der Waals surface area contributed by atoms with Crippen molar-refractivity contribution in [3.8, 4) is 11.1 Å². The Bertz CT molecular complexity index is 1400. The van der Waals surface area contributed by atoms with Gasteiger partial charge in [0.15, 0.2) is 0 Å². The average molecular weight is 531 g/mol. The highest BCUT2D eigenvalue weighted by Gasteiger charge is 2.32. The normalized spacial score (nSPS) is 19.3. The van der Waals surface area contributed by atoms with E-state index in [4.69, 9.17) is 4.55 Å². The highest BCUT2D eigenvalue weighted by molar-refractivity contribution is 7.85. The third-order valence-electron chi connectivity index (χ3n) is 8.58. The predicted molar refractivity (Wildman–Crippen MR) is 152 cm³/mol. The number of hydrogen-bond donors (Lipinski definition) is 1. The lowest BCUT2D eigenvalue weighted by atomic mass is 9.75. The van der Waals surface area contributed by atoms with E-state index in [0.29, 0.717) is 5.78 Å². The summed E-state index contributed by atoms with van der Waals surface area (Å²) in [6.07, 6.45) is 13.3. The second-order valence-electron chi connectivity index (χ2n) is 11.3. The van der Waals surface area contributed by atoms with Crippen LogP contribution in [0.25, 0.3) is 11.1 Å². The van der Waals surface area contributed by atoms with Crippen molar-refractivity contribution < 1.29 is 17.8 Å². The summed E-state index contributed by atoms with van der Waals surface area (Å²) in [4.78, 5) is 12.8. The van der Waals surface area contributed by atoms with Gasteiger partial charge in [0.2, 0.25) is 0 Å². The molecule has 200 valence electrons. The molecule has 0 aromatic heterocycles. The van der Waals surface area contributed by atoms with Gasteiger partial charge in [-0.2, -0.15) is 8.42 Å². The van der Waals surface area contributed by atoms with Crippen LogP contribution < -0.4 is 0 Å². The first-order chi connectivity index (χ1) is 18.3. The van der Waals surface area contributed by atoms with Crippen molar-refractivity contribution in [1.82, 2.24) is 0 Å². The molecule has 3 aromatic rings. The van der Waals surface area contributed by atoms with E-state index in [9.17, 15) is 13.2 Å². The molecule has 3 aliphatic rings. The molecule has 0 spiro atoms. The van der Waals surface area contributed by atoms with Crippen molar-refractivity contribution in [2.45, 2.75) is 88.4 Å². The van der Waals surface area contributed by atoms with E-state index >= 15 is 0 Å². The number of Topliss-reactive ketones (excluding diaryl/α,β-unsaturated/α-hetero) is 1. The minimum absolute atomic E-state index is 0.0666. The van der Waals surface area contributed by atoms with Gasteiger partial charge in [-0.3, -0.25) is 9.35 Å². The summed E-state index contributed by atoms with van der Waals surface area (Å²) in [6, 6.07) is 19.6. The molecule has 0 aliphatic heterocycles. The van der Waals surface area contributed by atoms with Gasteiger partial charge in [-0.05, 0) is 84.0 Å². The third-order valence-corrected chi connectivity index (χ3v) is 9.45. The number of aryl methyl sites for hydroxylation is 1. The van der Waals surface area contributed by atoms with E-state index in [1.54, 1.807) is 12.1 Å². The summed E-state index contributed by atoms with van der Waals surface area (Å²) in [5.74, 6) is 1.47. The van der Waals surface area contributed by atoms with E-state index in [1.165, 1.54) is 90.5 Å². The largest absolute Gasteiger partial charge is 0.299 e. The Morgan fingerprint density at radius 3 is 2.24 bits per heavy atom. The van der Waals surface area contributed by atoms with Crippen molar-refractivity contribution in [3.63, 3.8) is 0 Å². The number of carbonyl (C=O) groups is 1. The lowest BCUT2D eigenvalue weighted by Crippen LogP contribution is -2.21. The quantitative estimate of drug-likeness (QED) is 0.273. The molecule has 6 rings (SSSR count). The number of rotatable bonds is 4. The fourth-order valence-corrected chi connectivity index (χ4v) is 7.08. The molecule has 1 N–H and O–H groups in total. The predicted octanol–water partition coefficient (Wildman–Crippen LogP) is 7.85. The van der Waals surface area contributed by atoms with Crippen LogP contribution in [0.4, 0.5) is 0 Å². The second-order valence-corrected chi connectivity index (χ2v) is 12.7. The molecule has 0 saturated heterocycles. The Morgan fingerprint density at radius 1 is 0.816 bits per heavy atom. The Balaban J connectivity index is 0.000000226. The molecule has 0 amide bonds. The van der Waals surface area contributed by atoms with Crippen molar-refractivity contribution in [3.05, 3.63) is 88.5 Å². The number of benzene rings is 3. The lowest BCUT2D eigenvalue weighted by molar-refractivity contribution is -0.121. The Kier molecular flexibility index (Phi) is 8.15. The van der Waals surface area contributed by atoms with Crippen LogP contribution in [0, 0.1) is 12.8 Å². The molecule has 5 heteroatoms. The number of ketones is 1. The van der Waals surface area contributed by atoms with Crippen molar-refractivity contribution in [1.29, 1.82) is 0 Å². The standard InChI is InChI=1S/C26H30O.C7H8O3S/c27-25-13-7-6-12-23(25)26-20(16-18-8-2-1-3-9-18)14-15-22-21-11-5-4-10-19(21)17-24(22)26;1-6-2-4-7(5-3-6)11(8,9)10/h4-5,10-11,14-15,18,23H,1-3,6-9,12-13,16-17H2;2-5H,1H3,(H,8,9,10). The first-order valence-electron chi connectivity index (χ1n) is 14.1. The monoisotopic (exact) mass is 530 g/mol. The molecule has 0 heterocycles. The molecular formula is C33H38O4S. The number of hydrogen-bond acceptors (Lipinski definition) is 3. The summed E-state index contributed by atoms with van der Waals surface area (Å²) in [5.41, 5.74) is 9.59. The van der Waals surface area contributed by atoms with Gasteiger partial charge in [0, 0.05) is 12.3 Å². The molecule has 3 aromatic carbocycles. The van der Waals surface area contributed by atoms with Gasteiger partial charge in [-0.25, -0.2) is 0 Å². The van der Waals surface area contributed by atoms with Crippen LogP contribution in [0.1, 0.15) is 91.5 Å². The van der Waals surface area contributed by atoms with E-state index in [-0.39, 0.29) is 10.8 Å². The molecular weight excluding hydrogens is 492 g/mol. The molecule has 0 radical (unpaired) electrons. The highest BCUT2D eigenvalue weighted by atomic mass is 32.2. The molecule has 0 bridgehead atoms. The fourth-order valence-electron chi connectivity index (χ4n) is 6.60. The lowest BCUT2D eigenvalue weighted by Gasteiger charge is -2.28. The first-order valence-corrected chi connectivity index (χ1v) is 15.5. The fraction of sp³-hybridized carbons (Fsp3) is 0.424. The van der Waals surface area contributed by atoms with Crippen LogP contribution in [-0.2, 0) is 27.8 Å². The Morgan fingerprint density at radius 2 is 1.53 bits per heavy atom. The van der Waals surface area contributed by atoms with Crippen molar-refractivity contribution in [2.24, 2.45) is 5.92 Å².